The largest absolute Gasteiger partial charge is 0.508 e. The van der Waals surface area contributed by atoms with Crippen LogP contribution in [0.15, 0.2) is 48.7 Å². The summed E-state index contributed by atoms with van der Waals surface area (Å²) in [5, 5.41) is 39.1. The fourth-order valence-corrected chi connectivity index (χ4v) is 2.73. The molecule has 7 nitrogen and oxygen atoms in total. The molecule has 1 amide bonds. The van der Waals surface area contributed by atoms with Gasteiger partial charge in [-0.15, -0.1) is 0 Å². The zero-order valence-electron chi connectivity index (χ0n) is 12.4. The van der Waals surface area contributed by atoms with Crippen LogP contribution in [0.4, 0.5) is 0 Å². The topological polar surface area (TPSA) is 119 Å². The first-order valence-corrected chi connectivity index (χ1v) is 7.09. The summed E-state index contributed by atoms with van der Waals surface area (Å²) in [5.74, 6) is -0.587. The van der Waals surface area contributed by atoms with Gasteiger partial charge in [0.1, 0.15) is 22.8 Å². The molecule has 0 bridgehead atoms. The molecule has 1 unspecified atom stereocenters. The molecule has 1 aliphatic heterocycles. The normalized spacial score (nSPS) is 19.0. The van der Waals surface area contributed by atoms with Crippen molar-refractivity contribution in [3.05, 3.63) is 59.9 Å². The average Bonchev–Trinajstić information content (AvgIpc) is 2.56. The maximum Gasteiger partial charge on any atom is 0.246 e. The third-order valence-electron chi connectivity index (χ3n) is 3.88. The number of hydroxylamine groups is 1. The highest BCUT2D eigenvalue weighted by atomic mass is 16.5. The van der Waals surface area contributed by atoms with E-state index in [-0.39, 0.29) is 28.4 Å². The monoisotopic (exact) mass is 329 g/mol. The molecule has 0 saturated carbocycles. The minimum atomic E-state index is -1.79. The SMILES string of the molecule is O=C(CC1(O)C(c2ccc(O)cc2)=COc2cc(O)ccc21)NO. The minimum absolute atomic E-state index is 0.0517. The second kappa shape index (κ2) is 5.88. The van der Waals surface area contributed by atoms with Gasteiger partial charge in [-0.05, 0) is 29.8 Å². The predicted molar refractivity (Wildman–Crippen MR) is 83.3 cm³/mol. The highest BCUT2D eigenvalue weighted by molar-refractivity contribution is 5.84. The Hall–Kier alpha value is -3.03. The molecule has 24 heavy (non-hydrogen) atoms. The van der Waals surface area contributed by atoms with Crippen molar-refractivity contribution < 1.29 is 30.1 Å². The van der Waals surface area contributed by atoms with Crippen LogP contribution in [-0.2, 0) is 10.4 Å². The number of aromatic hydroxyl groups is 2. The lowest BCUT2D eigenvalue weighted by Crippen LogP contribution is -2.36. The first-order valence-electron chi connectivity index (χ1n) is 7.09. The van der Waals surface area contributed by atoms with Gasteiger partial charge in [0.2, 0.25) is 5.91 Å². The van der Waals surface area contributed by atoms with Crippen molar-refractivity contribution in [1.29, 1.82) is 0 Å². The van der Waals surface area contributed by atoms with Gasteiger partial charge in [-0.25, -0.2) is 5.48 Å². The fourth-order valence-electron chi connectivity index (χ4n) is 2.73. The standard InChI is InChI=1S/C17H15NO6/c19-11-3-1-10(2-4-11)14-9-24-15-7-12(20)5-6-13(15)17(14,22)8-16(21)18-23/h1-7,9,19-20,22-23H,8H2,(H,18,21). The maximum atomic E-state index is 11.7. The molecule has 7 heteroatoms. The Kier molecular flexibility index (Phi) is 3.88. The van der Waals surface area contributed by atoms with Crippen molar-refractivity contribution in [2.75, 3.05) is 0 Å². The van der Waals surface area contributed by atoms with Gasteiger partial charge in [0.15, 0.2) is 0 Å². The number of rotatable bonds is 3. The van der Waals surface area contributed by atoms with Crippen LogP contribution in [0.3, 0.4) is 0 Å². The van der Waals surface area contributed by atoms with Gasteiger partial charge in [-0.3, -0.25) is 10.0 Å². The molecule has 3 rings (SSSR count). The first kappa shape index (κ1) is 15.9. The van der Waals surface area contributed by atoms with Crippen LogP contribution in [0.2, 0.25) is 0 Å². The summed E-state index contributed by atoms with van der Waals surface area (Å²) in [7, 11) is 0. The molecule has 0 radical (unpaired) electrons. The number of carbonyl (C=O) groups excluding carboxylic acids is 1. The minimum Gasteiger partial charge on any atom is -0.508 e. The van der Waals surface area contributed by atoms with Crippen molar-refractivity contribution in [2.45, 2.75) is 12.0 Å². The van der Waals surface area contributed by atoms with Crippen molar-refractivity contribution in [1.82, 2.24) is 5.48 Å². The number of hydrogen-bond acceptors (Lipinski definition) is 6. The number of aliphatic hydroxyl groups is 1. The van der Waals surface area contributed by atoms with Crippen LogP contribution in [0.5, 0.6) is 17.2 Å². The number of phenols is 2. The zero-order valence-corrected chi connectivity index (χ0v) is 12.4. The smallest absolute Gasteiger partial charge is 0.246 e. The number of nitrogens with one attached hydrogen (secondary N) is 1. The van der Waals surface area contributed by atoms with Gasteiger partial charge in [-0.1, -0.05) is 12.1 Å². The van der Waals surface area contributed by atoms with Crippen LogP contribution in [0.1, 0.15) is 17.5 Å². The molecule has 2 aromatic carbocycles. The van der Waals surface area contributed by atoms with Crippen molar-refractivity contribution in [3.63, 3.8) is 0 Å². The van der Waals surface area contributed by atoms with Gasteiger partial charge >= 0.3 is 0 Å². The third kappa shape index (κ3) is 2.66. The lowest BCUT2D eigenvalue weighted by Gasteiger charge is -2.35. The van der Waals surface area contributed by atoms with Gasteiger partial charge in [0.25, 0.3) is 0 Å². The Morgan fingerprint density at radius 3 is 2.42 bits per heavy atom. The molecule has 0 aromatic heterocycles. The summed E-state index contributed by atoms with van der Waals surface area (Å²) >= 11 is 0. The number of benzene rings is 2. The highest BCUT2D eigenvalue weighted by Crippen LogP contribution is 2.47. The molecule has 0 spiro atoms. The van der Waals surface area contributed by atoms with Crippen molar-refractivity contribution in [3.8, 4) is 17.2 Å². The van der Waals surface area contributed by atoms with Crippen LogP contribution in [0.25, 0.3) is 5.57 Å². The lowest BCUT2D eigenvalue weighted by molar-refractivity contribution is -0.132. The predicted octanol–water partition coefficient (Wildman–Crippen LogP) is 1.61. The van der Waals surface area contributed by atoms with Gasteiger partial charge in [-0.2, -0.15) is 0 Å². The molecule has 0 saturated heterocycles. The van der Waals surface area contributed by atoms with E-state index in [1.807, 2.05) is 0 Å². The average molecular weight is 329 g/mol. The van der Waals surface area contributed by atoms with Gasteiger partial charge < -0.3 is 20.1 Å². The van der Waals surface area contributed by atoms with E-state index < -0.39 is 17.9 Å². The Morgan fingerprint density at radius 1 is 1.08 bits per heavy atom. The maximum absolute atomic E-state index is 11.7. The number of amides is 1. The van der Waals surface area contributed by atoms with E-state index in [0.717, 1.165) is 0 Å². The van der Waals surface area contributed by atoms with E-state index in [1.54, 1.807) is 12.1 Å². The summed E-state index contributed by atoms with van der Waals surface area (Å²) < 4.78 is 5.47. The summed E-state index contributed by atoms with van der Waals surface area (Å²) in [4.78, 5) is 11.7. The zero-order chi connectivity index (χ0) is 17.3. The van der Waals surface area contributed by atoms with E-state index >= 15 is 0 Å². The second-order valence-corrected chi connectivity index (χ2v) is 5.45. The third-order valence-corrected chi connectivity index (χ3v) is 3.88. The molecule has 1 aliphatic rings. The van der Waals surface area contributed by atoms with Crippen LogP contribution in [-0.4, -0.2) is 26.4 Å². The van der Waals surface area contributed by atoms with Crippen LogP contribution < -0.4 is 10.2 Å². The number of ether oxygens (including phenoxy) is 1. The quantitative estimate of drug-likeness (QED) is 0.431. The molecule has 5 N–H and O–H groups in total. The van der Waals surface area contributed by atoms with E-state index in [1.165, 1.54) is 42.1 Å². The Balaban J connectivity index is 2.14. The van der Waals surface area contributed by atoms with Crippen molar-refractivity contribution in [2.24, 2.45) is 0 Å². The molecule has 2 aromatic rings. The Bertz CT molecular complexity index is 814. The molecule has 0 fully saturated rings. The highest BCUT2D eigenvalue weighted by Gasteiger charge is 2.42. The van der Waals surface area contributed by atoms with E-state index in [9.17, 15) is 20.1 Å². The Morgan fingerprint density at radius 2 is 1.75 bits per heavy atom. The molecule has 0 aliphatic carbocycles. The molecule has 124 valence electrons. The number of fused-ring (bicyclic) bond motifs is 1. The fraction of sp³-hybridized carbons (Fsp3) is 0.118. The molecule has 1 atom stereocenters. The summed E-state index contributed by atoms with van der Waals surface area (Å²) in [6.45, 7) is 0. The lowest BCUT2D eigenvalue weighted by atomic mass is 9.78. The first-order chi connectivity index (χ1) is 11.4. The molecular weight excluding hydrogens is 314 g/mol. The summed E-state index contributed by atoms with van der Waals surface area (Å²) in [6, 6.07) is 10.1. The van der Waals surface area contributed by atoms with Gasteiger partial charge in [0, 0.05) is 17.2 Å². The van der Waals surface area contributed by atoms with E-state index in [0.29, 0.717) is 5.56 Å². The Labute approximate surface area is 137 Å². The number of hydrogen-bond donors (Lipinski definition) is 5. The van der Waals surface area contributed by atoms with Gasteiger partial charge in [0.05, 0.1) is 12.7 Å². The second-order valence-electron chi connectivity index (χ2n) is 5.45. The molecule has 1 heterocycles. The summed E-state index contributed by atoms with van der Waals surface area (Å²) in [6.07, 6.45) is 0.816. The number of phenolic OH excluding ortho intramolecular Hbond substituents is 2. The van der Waals surface area contributed by atoms with Crippen LogP contribution in [0, 0.1) is 0 Å². The van der Waals surface area contributed by atoms with Crippen molar-refractivity contribution >= 4 is 11.5 Å². The van der Waals surface area contributed by atoms with Crippen LogP contribution >= 0.6 is 0 Å². The van der Waals surface area contributed by atoms with E-state index in [4.69, 9.17) is 9.94 Å². The number of carbonyl (C=O) groups is 1. The van der Waals surface area contributed by atoms with E-state index in [2.05, 4.69) is 0 Å². The molecular formula is C17H15NO6. The summed E-state index contributed by atoms with van der Waals surface area (Å²) in [5.41, 5.74) is 0.800.